The van der Waals surface area contributed by atoms with Crippen molar-refractivity contribution in [2.45, 2.75) is 123 Å². The first-order valence-electron chi connectivity index (χ1n) is 13.9. The molecule has 0 aliphatic carbocycles. The summed E-state index contributed by atoms with van der Waals surface area (Å²) in [5.41, 5.74) is 2.30. The zero-order chi connectivity index (χ0) is 25.1. The van der Waals surface area contributed by atoms with Crippen molar-refractivity contribution < 1.29 is 13.5 Å². The van der Waals surface area contributed by atoms with Crippen LogP contribution in [0.1, 0.15) is 109 Å². The van der Waals surface area contributed by atoms with Gasteiger partial charge in [-0.3, -0.25) is 0 Å². The summed E-state index contributed by atoms with van der Waals surface area (Å²) in [5, 5.41) is 0. The lowest BCUT2D eigenvalue weighted by atomic mass is 10.0. The van der Waals surface area contributed by atoms with Gasteiger partial charge in [-0.15, -0.1) is 0 Å². The summed E-state index contributed by atoms with van der Waals surface area (Å²) < 4.78 is 33.4. The lowest BCUT2D eigenvalue weighted by Gasteiger charge is -2.12. The Bertz CT molecular complexity index is 767. The average molecular weight is 489 g/mol. The van der Waals surface area contributed by atoms with Crippen molar-refractivity contribution in [3.05, 3.63) is 42.2 Å². The van der Waals surface area contributed by atoms with E-state index in [2.05, 4.69) is 48.1 Å². The molecule has 0 saturated heterocycles. The molecule has 3 nitrogen and oxygen atoms in total. The number of benzene rings is 1. The number of ether oxygens (including phenoxy) is 1. The molecule has 196 valence electrons. The molecule has 5 heteroatoms. The van der Waals surface area contributed by atoms with E-state index in [1.165, 1.54) is 50.5 Å². The molecule has 0 spiro atoms. The topological polar surface area (TPSA) is 35.0 Å². The van der Waals surface area contributed by atoms with Gasteiger partial charge in [0, 0.05) is 5.56 Å². The number of nitrogens with zero attached hydrogens (tertiary/aromatic N) is 2. The quantitative estimate of drug-likeness (QED) is 0.174. The minimum absolute atomic E-state index is 0.0528. The Hall–Kier alpha value is -2.04. The molecule has 0 amide bonds. The summed E-state index contributed by atoms with van der Waals surface area (Å²) >= 11 is 0. The number of alkyl halides is 2. The molecule has 0 radical (unpaired) electrons. The molecule has 2 aromatic rings. The molecule has 2 unspecified atom stereocenters. The second-order valence-corrected chi connectivity index (χ2v) is 9.74. The largest absolute Gasteiger partial charge is 0.487 e. The van der Waals surface area contributed by atoms with Gasteiger partial charge in [-0.1, -0.05) is 95.9 Å². The smallest absolute Gasteiger partial charge is 0.159 e. The first kappa shape index (κ1) is 29.2. The molecule has 0 aliphatic heterocycles. The molecule has 1 heterocycles. The molecule has 2 rings (SSSR count). The van der Waals surface area contributed by atoms with Gasteiger partial charge in [-0.25, -0.2) is 18.7 Å². The summed E-state index contributed by atoms with van der Waals surface area (Å²) in [6.07, 6.45) is 16.6. The maximum Gasteiger partial charge on any atom is 0.159 e. The fourth-order valence-corrected chi connectivity index (χ4v) is 4.24. The van der Waals surface area contributed by atoms with Crippen LogP contribution in [-0.2, 0) is 6.42 Å². The van der Waals surface area contributed by atoms with Crippen LogP contribution in [-0.4, -0.2) is 28.9 Å². The maximum absolute atomic E-state index is 14.1. The Balaban J connectivity index is 1.65. The van der Waals surface area contributed by atoms with E-state index in [0.29, 0.717) is 37.3 Å². The zero-order valence-electron chi connectivity index (χ0n) is 22.0. The molecule has 0 N–H and O–H groups in total. The standard InChI is InChI=1S/C30H46F2N2O/c1-3-5-7-8-9-10-12-14-25-18-20-26(21-19-25)30-33-22-29(23-34-30)35-24-28(32)17-13-16-27(31)15-11-6-4-2/h18-23,27-28H,3-17,24H2,1-2H3. The highest BCUT2D eigenvalue weighted by molar-refractivity contribution is 5.55. The third-order valence-electron chi connectivity index (χ3n) is 6.50. The summed E-state index contributed by atoms with van der Waals surface area (Å²) in [4.78, 5) is 8.76. The van der Waals surface area contributed by atoms with Crippen molar-refractivity contribution >= 4 is 0 Å². The van der Waals surface area contributed by atoms with Gasteiger partial charge in [0.2, 0.25) is 0 Å². The Morgan fingerprint density at radius 1 is 0.686 bits per heavy atom. The minimum atomic E-state index is -1.11. The third kappa shape index (κ3) is 13.0. The van der Waals surface area contributed by atoms with Crippen LogP contribution in [0, 0.1) is 0 Å². The fourth-order valence-electron chi connectivity index (χ4n) is 4.24. The van der Waals surface area contributed by atoms with Crippen molar-refractivity contribution in [2.24, 2.45) is 0 Å². The number of rotatable bonds is 20. The second kappa shape index (κ2) is 18.3. The number of aryl methyl sites for hydroxylation is 1. The van der Waals surface area contributed by atoms with Crippen LogP contribution in [0.25, 0.3) is 11.4 Å². The Labute approximate surface area is 212 Å². The van der Waals surface area contributed by atoms with Crippen LogP contribution in [0.3, 0.4) is 0 Å². The highest BCUT2D eigenvalue weighted by Crippen LogP contribution is 2.20. The molecule has 0 aliphatic rings. The molecular weight excluding hydrogens is 442 g/mol. The monoisotopic (exact) mass is 488 g/mol. The van der Waals surface area contributed by atoms with Crippen LogP contribution < -0.4 is 4.74 Å². The Kier molecular flexibility index (Phi) is 15.2. The van der Waals surface area contributed by atoms with Gasteiger partial charge in [0.1, 0.15) is 19.0 Å². The lowest BCUT2D eigenvalue weighted by molar-refractivity contribution is 0.177. The predicted molar refractivity (Wildman–Crippen MR) is 142 cm³/mol. The zero-order valence-corrected chi connectivity index (χ0v) is 22.0. The van der Waals surface area contributed by atoms with Gasteiger partial charge in [-0.2, -0.15) is 0 Å². The molecule has 2 atom stereocenters. The van der Waals surface area contributed by atoms with Crippen molar-refractivity contribution in [3.8, 4) is 17.1 Å². The third-order valence-corrected chi connectivity index (χ3v) is 6.50. The molecule has 0 bridgehead atoms. The van der Waals surface area contributed by atoms with Crippen molar-refractivity contribution in [3.63, 3.8) is 0 Å². The Morgan fingerprint density at radius 3 is 1.94 bits per heavy atom. The van der Waals surface area contributed by atoms with Gasteiger partial charge in [0.05, 0.1) is 12.4 Å². The fraction of sp³-hybridized carbons (Fsp3) is 0.667. The van der Waals surface area contributed by atoms with Crippen molar-refractivity contribution in [2.75, 3.05) is 6.61 Å². The lowest BCUT2D eigenvalue weighted by Crippen LogP contribution is -2.14. The van der Waals surface area contributed by atoms with E-state index >= 15 is 0 Å². The number of hydrogen-bond acceptors (Lipinski definition) is 3. The molecule has 0 saturated carbocycles. The van der Waals surface area contributed by atoms with Gasteiger partial charge in [0.25, 0.3) is 0 Å². The van der Waals surface area contributed by atoms with Gasteiger partial charge < -0.3 is 4.74 Å². The summed E-state index contributed by atoms with van der Waals surface area (Å²) in [5.74, 6) is 1.09. The number of halogens is 2. The van der Waals surface area contributed by atoms with Crippen LogP contribution in [0.15, 0.2) is 36.7 Å². The molecule has 1 aromatic heterocycles. The van der Waals surface area contributed by atoms with Gasteiger partial charge in [-0.05, 0) is 44.1 Å². The van der Waals surface area contributed by atoms with Crippen LogP contribution in [0.5, 0.6) is 5.75 Å². The molecular formula is C30H46F2N2O. The van der Waals surface area contributed by atoms with E-state index in [1.54, 1.807) is 12.4 Å². The summed E-state index contributed by atoms with van der Waals surface area (Å²) in [6.45, 7) is 4.30. The summed E-state index contributed by atoms with van der Waals surface area (Å²) in [7, 11) is 0. The first-order chi connectivity index (χ1) is 17.1. The highest BCUT2D eigenvalue weighted by Gasteiger charge is 2.12. The van der Waals surface area contributed by atoms with Gasteiger partial charge in [0.15, 0.2) is 11.6 Å². The first-order valence-corrected chi connectivity index (χ1v) is 13.9. The number of unbranched alkanes of at least 4 members (excludes halogenated alkanes) is 8. The molecule has 1 aromatic carbocycles. The van der Waals surface area contributed by atoms with E-state index in [0.717, 1.165) is 31.2 Å². The van der Waals surface area contributed by atoms with E-state index < -0.39 is 12.3 Å². The Morgan fingerprint density at radius 2 is 1.26 bits per heavy atom. The number of hydrogen-bond donors (Lipinski definition) is 0. The predicted octanol–water partition coefficient (Wildman–Crippen LogP) is 9.24. The van der Waals surface area contributed by atoms with Crippen LogP contribution in [0.2, 0.25) is 0 Å². The van der Waals surface area contributed by atoms with Gasteiger partial charge >= 0.3 is 0 Å². The van der Waals surface area contributed by atoms with E-state index in [9.17, 15) is 8.78 Å². The normalized spacial score (nSPS) is 13.0. The molecule has 35 heavy (non-hydrogen) atoms. The minimum Gasteiger partial charge on any atom is -0.487 e. The second-order valence-electron chi connectivity index (χ2n) is 9.74. The number of aromatic nitrogens is 2. The highest BCUT2D eigenvalue weighted by atomic mass is 19.1. The van der Waals surface area contributed by atoms with Crippen molar-refractivity contribution in [1.82, 2.24) is 9.97 Å². The van der Waals surface area contributed by atoms with Crippen LogP contribution >= 0.6 is 0 Å². The van der Waals surface area contributed by atoms with E-state index in [1.807, 2.05) is 0 Å². The van der Waals surface area contributed by atoms with E-state index in [4.69, 9.17) is 4.74 Å². The van der Waals surface area contributed by atoms with E-state index in [-0.39, 0.29) is 6.61 Å². The summed E-state index contributed by atoms with van der Waals surface area (Å²) in [6, 6.07) is 8.42. The van der Waals surface area contributed by atoms with Crippen molar-refractivity contribution in [1.29, 1.82) is 0 Å². The van der Waals surface area contributed by atoms with Crippen LogP contribution in [0.4, 0.5) is 8.78 Å². The maximum atomic E-state index is 14.1. The average Bonchev–Trinajstić information content (AvgIpc) is 2.88. The molecule has 0 fully saturated rings. The SMILES string of the molecule is CCCCCCCCCc1ccc(-c2ncc(OCC(F)CCCC(F)CCCCC)cn2)cc1.